The maximum atomic E-state index is 11.5. The normalized spacial score (nSPS) is 19.1. The average molecular weight is 319 g/mol. The summed E-state index contributed by atoms with van der Waals surface area (Å²) in [7, 11) is -3.11. The van der Waals surface area contributed by atoms with Gasteiger partial charge in [0.15, 0.2) is 0 Å². The van der Waals surface area contributed by atoms with Crippen molar-refractivity contribution in [1.29, 1.82) is 0 Å². The summed E-state index contributed by atoms with van der Waals surface area (Å²) in [6.45, 7) is 3.91. The number of piperazine rings is 1. The molecule has 5 nitrogen and oxygen atoms in total. The molecule has 0 saturated carbocycles. The fourth-order valence-electron chi connectivity index (χ4n) is 2.33. The van der Waals surface area contributed by atoms with Crippen molar-refractivity contribution in [2.75, 3.05) is 37.3 Å². The first kappa shape index (κ1) is 15.6. The molecule has 0 radical (unpaired) electrons. The van der Waals surface area contributed by atoms with Gasteiger partial charge in [-0.2, -0.15) is 4.31 Å². The number of nitrogens with zero attached hydrogens (tertiary/aromatic N) is 2. The van der Waals surface area contributed by atoms with E-state index in [1.165, 1.54) is 10.6 Å². The van der Waals surface area contributed by atoms with Crippen molar-refractivity contribution in [3.63, 3.8) is 0 Å². The van der Waals surface area contributed by atoms with E-state index in [9.17, 15) is 13.5 Å². The first-order chi connectivity index (χ1) is 9.29. The van der Waals surface area contributed by atoms with Gasteiger partial charge in [-0.3, -0.25) is 0 Å². The smallest absolute Gasteiger partial charge is 0.211 e. The van der Waals surface area contributed by atoms with Crippen molar-refractivity contribution >= 4 is 27.3 Å². The van der Waals surface area contributed by atoms with Crippen LogP contribution in [0.15, 0.2) is 18.2 Å². The molecule has 1 heterocycles. The predicted molar refractivity (Wildman–Crippen MR) is 80.7 cm³/mol. The maximum absolute atomic E-state index is 11.5. The molecule has 1 fully saturated rings. The minimum absolute atomic E-state index is 0.481. The zero-order valence-corrected chi connectivity index (χ0v) is 13.2. The van der Waals surface area contributed by atoms with Crippen LogP contribution in [-0.4, -0.2) is 50.3 Å². The van der Waals surface area contributed by atoms with Gasteiger partial charge in [0.25, 0.3) is 0 Å². The highest BCUT2D eigenvalue weighted by Crippen LogP contribution is 2.28. The third-order valence-corrected chi connectivity index (χ3v) is 5.14. The zero-order valence-electron chi connectivity index (χ0n) is 11.6. The molecule has 1 aromatic carbocycles. The highest BCUT2D eigenvalue weighted by Gasteiger charge is 2.23. The van der Waals surface area contributed by atoms with Gasteiger partial charge in [0.05, 0.1) is 12.4 Å². The molecule has 0 aromatic heterocycles. The Kier molecular flexibility index (Phi) is 4.59. The van der Waals surface area contributed by atoms with Gasteiger partial charge in [-0.25, -0.2) is 8.42 Å². The van der Waals surface area contributed by atoms with E-state index in [0.717, 1.165) is 5.69 Å². The van der Waals surface area contributed by atoms with Crippen LogP contribution in [0.2, 0.25) is 5.02 Å². The van der Waals surface area contributed by atoms with Crippen LogP contribution in [-0.2, 0) is 10.0 Å². The van der Waals surface area contributed by atoms with Crippen LogP contribution in [0.25, 0.3) is 0 Å². The van der Waals surface area contributed by atoms with E-state index in [1.54, 1.807) is 6.92 Å². The van der Waals surface area contributed by atoms with Crippen LogP contribution in [0.4, 0.5) is 5.69 Å². The number of benzene rings is 1. The SMILES string of the molecule is CC(O)c1ccc(N2CCN(S(C)(=O)=O)CC2)cc1Cl. The quantitative estimate of drug-likeness (QED) is 0.917. The van der Waals surface area contributed by atoms with Crippen LogP contribution < -0.4 is 4.90 Å². The Morgan fingerprint density at radius 1 is 1.25 bits per heavy atom. The van der Waals surface area contributed by atoms with Gasteiger partial charge >= 0.3 is 0 Å². The summed E-state index contributed by atoms with van der Waals surface area (Å²) >= 11 is 6.15. The number of hydrogen-bond acceptors (Lipinski definition) is 4. The third kappa shape index (κ3) is 3.44. The molecule has 7 heteroatoms. The molecule has 1 atom stereocenters. The van der Waals surface area contributed by atoms with E-state index in [2.05, 4.69) is 4.90 Å². The Balaban J connectivity index is 2.10. The van der Waals surface area contributed by atoms with E-state index >= 15 is 0 Å². The lowest BCUT2D eigenvalue weighted by molar-refractivity contribution is 0.199. The molecule has 1 N–H and O–H groups in total. The molecule has 0 bridgehead atoms. The molecule has 1 saturated heterocycles. The van der Waals surface area contributed by atoms with Gasteiger partial charge in [-0.15, -0.1) is 0 Å². The third-order valence-electron chi connectivity index (χ3n) is 3.51. The topological polar surface area (TPSA) is 60.9 Å². The average Bonchev–Trinajstić information content (AvgIpc) is 2.37. The molecule has 0 amide bonds. The monoisotopic (exact) mass is 318 g/mol. The molecule has 1 unspecified atom stereocenters. The summed E-state index contributed by atoms with van der Waals surface area (Å²) in [5.41, 5.74) is 1.65. The molecular weight excluding hydrogens is 300 g/mol. The molecule has 112 valence electrons. The summed E-state index contributed by atoms with van der Waals surface area (Å²) in [4.78, 5) is 2.10. The van der Waals surface area contributed by atoms with E-state index < -0.39 is 16.1 Å². The van der Waals surface area contributed by atoms with Gasteiger partial charge in [0.1, 0.15) is 0 Å². The van der Waals surface area contributed by atoms with Crippen LogP contribution in [0.1, 0.15) is 18.6 Å². The van der Waals surface area contributed by atoms with Gasteiger partial charge in [-0.1, -0.05) is 17.7 Å². The summed E-state index contributed by atoms with van der Waals surface area (Å²) in [5, 5.41) is 10.1. The van der Waals surface area contributed by atoms with Gasteiger partial charge in [0, 0.05) is 36.9 Å². The summed E-state index contributed by atoms with van der Waals surface area (Å²) in [5.74, 6) is 0. The second kappa shape index (κ2) is 5.89. The molecule has 1 aromatic rings. The first-order valence-corrected chi connectivity index (χ1v) is 8.69. The Labute approximate surface area is 124 Å². The highest BCUT2D eigenvalue weighted by molar-refractivity contribution is 7.88. The fraction of sp³-hybridized carbons (Fsp3) is 0.538. The summed E-state index contributed by atoms with van der Waals surface area (Å²) in [6.07, 6.45) is 0.635. The second-order valence-corrected chi connectivity index (χ2v) is 7.42. The molecule has 1 aliphatic heterocycles. The molecule has 1 aliphatic rings. The van der Waals surface area contributed by atoms with Crippen molar-refractivity contribution < 1.29 is 13.5 Å². The van der Waals surface area contributed by atoms with Crippen molar-refractivity contribution in [3.8, 4) is 0 Å². The fourth-order valence-corrected chi connectivity index (χ4v) is 3.49. The van der Waals surface area contributed by atoms with E-state index in [-0.39, 0.29) is 0 Å². The van der Waals surface area contributed by atoms with Crippen LogP contribution in [0.5, 0.6) is 0 Å². The first-order valence-electron chi connectivity index (χ1n) is 6.46. The Hall–Kier alpha value is -0.820. The van der Waals surface area contributed by atoms with E-state index in [0.29, 0.717) is 36.8 Å². The number of aliphatic hydroxyl groups is 1. The van der Waals surface area contributed by atoms with Crippen molar-refractivity contribution in [2.45, 2.75) is 13.0 Å². The summed E-state index contributed by atoms with van der Waals surface area (Å²) in [6, 6.07) is 5.54. The Morgan fingerprint density at radius 2 is 1.85 bits per heavy atom. The molecule has 20 heavy (non-hydrogen) atoms. The lowest BCUT2D eigenvalue weighted by Crippen LogP contribution is -2.48. The van der Waals surface area contributed by atoms with Crippen molar-refractivity contribution in [3.05, 3.63) is 28.8 Å². The van der Waals surface area contributed by atoms with Gasteiger partial charge in [-0.05, 0) is 24.6 Å². The molecule has 0 aliphatic carbocycles. The summed E-state index contributed by atoms with van der Waals surface area (Å²) < 4.78 is 24.4. The van der Waals surface area contributed by atoms with Gasteiger partial charge < -0.3 is 10.0 Å². The minimum Gasteiger partial charge on any atom is -0.389 e. The van der Waals surface area contributed by atoms with Crippen LogP contribution in [0, 0.1) is 0 Å². The number of aliphatic hydroxyl groups excluding tert-OH is 1. The van der Waals surface area contributed by atoms with Gasteiger partial charge in [0.2, 0.25) is 10.0 Å². The van der Waals surface area contributed by atoms with Crippen molar-refractivity contribution in [1.82, 2.24) is 4.31 Å². The predicted octanol–water partition coefficient (Wildman–Crippen LogP) is 1.47. The second-order valence-electron chi connectivity index (χ2n) is 5.03. The number of hydrogen-bond donors (Lipinski definition) is 1. The largest absolute Gasteiger partial charge is 0.389 e. The lowest BCUT2D eigenvalue weighted by Gasteiger charge is -2.35. The van der Waals surface area contributed by atoms with Crippen LogP contribution in [0.3, 0.4) is 0 Å². The maximum Gasteiger partial charge on any atom is 0.211 e. The minimum atomic E-state index is -3.11. The van der Waals surface area contributed by atoms with E-state index in [4.69, 9.17) is 11.6 Å². The number of anilines is 1. The Bertz CT molecular complexity index is 581. The number of rotatable bonds is 3. The number of sulfonamides is 1. The Morgan fingerprint density at radius 3 is 2.30 bits per heavy atom. The highest BCUT2D eigenvalue weighted by atomic mass is 35.5. The van der Waals surface area contributed by atoms with Crippen molar-refractivity contribution in [2.24, 2.45) is 0 Å². The van der Waals surface area contributed by atoms with Crippen LogP contribution >= 0.6 is 11.6 Å². The molecular formula is C13H19ClN2O3S. The molecule has 0 spiro atoms. The van der Waals surface area contributed by atoms with E-state index in [1.807, 2.05) is 18.2 Å². The zero-order chi connectivity index (χ0) is 14.9. The standard InChI is InChI=1S/C13H19ClN2O3S/c1-10(17)12-4-3-11(9-13(12)14)15-5-7-16(8-6-15)20(2,18)19/h3-4,9-10,17H,5-8H2,1-2H3. The number of halogens is 1. The molecule has 2 rings (SSSR count). The lowest BCUT2D eigenvalue weighted by atomic mass is 10.1.